The van der Waals surface area contributed by atoms with E-state index >= 15 is 0 Å². The van der Waals surface area contributed by atoms with Gasteiger partial charge in [-0.05, 0) is 21.5 Å². The van der Waals surface area contributed by atoms with E-state index in [1.807, 2.05) is 195 Å². The van der Waals surface area contributed by atoms with Crippen molar-refractivity contribution in [3.8, 4) is 45.6 Å². The van der Waals surface area contributed by atoms with Crippen LogP contribution in [0.4, 0.5) is 0 Å². The summed E-state index contributed by atoms with van der Waals surface area (Å²) in [5.41, 5.74) is 5.78. The van der Waals surface area contributed by atoms with Crippen LogP contribution in [0.3, 0.4) is 0 Å². The molecule has 6 heterocycles. The normalized spacial score (nSPS) is 9.91. The SMILES string of the molecule is CC.CC.CC.CC.C[n+]1ccccc1.[Cl-].[Cu+2].c1ccc2c(c1)-c1nc-2nc2[n-]c(nc3nc(nc4[n-]c(n1)c1ccccc41)-c1ccccc1-3)c1ccccc21. The van der Waals surface area contributed by atoms with Crippen LogP contribution in [0.25, 0.3) is 89.7 Å². The van der Waals surface area contributed by atoms with E-state index in [1.54, 1.807) is 0 Å². The number of halogens is 1. The largest absolute Gasteiger partial charge is 2.00 e. The molecule has 0 spiro atoms. The molecular weight excluding hydrogens is 778 g/mol. The van der Waals surface area contributed by atoms with Gasteiger partial charge in [0, 0.05) is 57.0 Å². The van der Waals surface area contributed by atoms with Crippen molar-refractivity contribution in [3.63, 3.8) is 0 Å². The number of hydrogen-bond donors (Lipinski definition) is 0. The van der Waals surface area contributed by atoms with Gasteiger partial charge in [-0.3, -0.25) is 0 Å². The van der Waals surface area contributed by atoms with E-state index in [2.05, 4.69) is 0 Å². The van der Waals surface area contributed by atoms with Gasteiger partial charge in [0.15, 0.2) is 12.4 Å². The van der Waals surface area contributed by atoms with Gasteiger partial charge in [0.05, 0.1) is 23.3 Å². The van der Waals surface area contributed by atoms with Crippen molar-refractivity contribution in [1.29, 1.82) is 0 Å². The Morgan fingerprint density at radius 3 is 0.825 bits per heavy atom. The first-order chi connectivity index (χ1) is 27.2. The molecule has 0 atom stereocenters. The third kappa shape index (κ3) is 9.60. The van der Waals surface area contributed by atoms with Crippen molar-refractivity contribution < 1.29 is 34.0 Å². The Morgan fingerprint density at radius 2 is 0.596 bits per heavy atom. The Labute approximate surface area is 352 Å². The van der Waals surface area contributed by atoms with Crippen molar-refractivity contribution >= 4 is 44.1 Å². The van der Waals surface area contributed by atoms with Gasteiger partial charge in [0.25, 0.3) is 0 Å². The topological polar surface area (TPSA) is 109 Å². The molecule has 2 aliphatic heterocycles. The van der Waals surface area contributed by atoms with Gasteiger partial charge in [0.1, 0.15) is 7.05 Å². The second kappa shape index (κ2) is 22.1. The van der Waals surface area contributed by atoms with Crippen molar-refractivity contribution in [2.24, 2.45) is 7.05 Å². The molecule has 8 aromatic rings. The molecular formula is C46H48ClCuN9. The third-order valence-electron chi connectivity index (χ3n) is 8.19. The maximum atomic E-state index is 4.95. The monoisotopic (exact) mass is 824 g/mol. The molecule has 0 saturated carbocycles. The van der Waals surface area contributed by atoms with E-state index in [0.29, 0.717) is 45.9 Å². The Bertz CT molecular complexity index is 2350. The van der Waals surface area contributed by atoms with Gasteiger partial charge in [-0.1, -0.05) is 159 Å². The molecule has 4 aromatic carbocycles. The molecule has 0 aliphatic carbocycles. The quantitative estimate of drug-likeness (QED) is 0.113. The van der Waals surface area contributed by atoms with Crippen LogP contribution in [0.1, 0.15) is 55.4 Å². The molecule has 0 fully saturated rings. The Hall–Kier alpha value is -5.80. The fourth-order valence-electron chi connectivity index (χ4n) is 5.94. The van der Waals surface area contributed by atoms with Crippen LogP contribution in [0.15, 0.2) is 128 Å². The second-order valence-corrected chi connectivity index (χ2v) is 11.2. The Morgan fingerprint density at radius 1 is 0.351 bits per heavy atom. The number of aryl methyl sites for hydroxylation is 1. The van der Waals surface area contributed by atoms with Crippen LogP contribution in [-0.2, 0) is 24.1 Å². The first-order valence-electron chi connectivity index (χ1n) is 19.2. The molecule has 9 nitrogen and oxygen atoms in total. The maximum Gasteiger partial charge on any atom is 2.00 e. The summed E-state index contributed by atoms with van der Waals surface area (Å²) < 4.78 is 2.00. The first kappa shape index (κ1) is 45.6. The number of hydrogen-bond acceptors (Lipinski definition) is 6. The zero-order valence-electron chi connectivity index (χ0n) is 33.8. The van der Waals surface area contributed by atoms with E-state index in [1.165, 1.54) is 0 Å². The molecule has 295 valence electrons. The van der Waals surface area contributed by atoms with E-state index in [9.17, 15) is 0 Å². The van der Waals surface area contributed by atoms with E-state index in [0.717, 1.165) is 43.8 Å². The molecule has 10 rings (SSSR count). The molecule has 57 heavy (non-hydrogen) atoms. The third-order valence-corrected chi connectivity index (χ3v) is 8.19. The summed E-state index contributed by atoms with van der Waals surface area (Å²) in [4.78, 5) is 39.3. The van der Waals surface area contributed by atoms with Crippen LogP contribution in [0.5, 0.6) is 0 Å². The van der Waals surface area contributed by atoms with Gasteiger partial charge in [-0.2, -0.15) is 0 Å². The Kier molecular flexibility index (Phi) is 17.7. The predicted octanol–water partition coefficient (Wildman–Crippen LogP) is 7.74. The molecule has 8 bridgehead atoms. The molecule has 4 aromatic heterocycles. The van der Waals surface area contributed by atoms with Gasteiger partial charge >= 0.3 is 17.1 Å². The summed E-state index contributed by atoms with van der Waals surface area (Å²) in [6.07, 6.45) is 4.00. The van der Waals surface area contributed by atoms with Gasteiger partial charge in [-0.15, -0.1) is 0 Å². The average molecular weight is 826 g/mol. The van der Waals surface area contributed by atoms with Crippen molar-refractivity contribution in [2.75, 3.05) is 0 Å². The van der Waals surface area contributed by atoms with Gasteiger partial charge < -0.3 is 42.3 Å². The van der Waals surface area contributed by atoms with Crippen molar-refractivity contribution in [2.45, 2.75) is 55.4 Å². The molecule has 0 amide bonds. The number of pyridine rings is 1. The summed E-state index contributed by atoms with van der Waals surface area (Å²) in [5.74, 6) is 2.21. The van der Waals surface area contributed by atoms with Crippen molar-refractivity contribution in [3.05, 3.63) is 128 Å². The summed E-state index contributed by atoms with van der Waals surface area (Å²) in [6, 6.07) is 37.8. The zero-order chi connectivity index (χ0) is 39.3. The molecule has 0 saturated heterocycles. The van der Waals surface area contributed by atoms with Crippen molar-refractivity contribution in [1.82, 2.24) is 39.9 Å². The Balaban J connectivity index is 0.000000448. The number of fused-ring (bicyclic) bond motifs is 20. The predicted molar refractivity (Wildman–Crippen MR) is 227 cm³/mol. The van der Waals surface area contributed by atoms with E-state index < -0.39 is 0 Å². The number of rotatable bonds is 0. The fourth-order valence-corrected chi connectivity index (χ4v) is 5.94. The molecule has 0 unspecified atom stereocenters. The fraction of sp³-hybridized carbons (Fsp3) is 0.196. The van der Waals surface area contributed by atoms with E-state index in [4.69, 9.17) is 39.9 Å². The summed E-state index contributed by atoms with van der Waals surface area (Å²) in [7, 11) is 2.00. The maximum absolute atomic E-state index is 4.95. The number of nitrogens with zero attached hydrogens (tertiary/aromatic N) is 9. The van der Waals surface area contributed by atoms with Gasteiger partial charge in [0.2, 0.25) is 0 Å². The summed E-state index contributed by atoms with van der Waals surface area (Å²) >= 11 is 0. The minimum atomic E-state index is 0. The molecule has 11 heteroatoms. The second-order valence-electron chi connectivity index (χ2n) is 11.2. The minimum Gasteiger partial charge on any atom is -1.00 e. The van der Waals surface area contributed by atoms with Crippen LogP contribution in [0, 0.1) is 0 Å². The van der Waals surface area contributed by atoms with Crippen LogP contribution >= 0.6 is 0 Å². The summed E-state index contributed by atoms with van der Waals surface area (Å²) in [6.45, 7) is 16.0. The van der Waals surface area contributed by atoms with Crippen LogP contribution in [0.2, 0.25) is 0 Å². The van der Waals surface area contributed by atoms with E-state index in [-0.39, 0.29) is 29.5 Å². The number of benzene rings is 4. The average Bonchev–Trinajstić information content (AvgIpc) is 4.00. The minimum absolute atomic E-state index is 0. The van der Waals surface area contributed by atoms with Gasteiger partial charge in [-0.25, -0.2) is 14.5 Å². The number of aromatic nitrogens is 9. The zero-order valence-corrected chi connectivity index (χ0v) is 35.5. The summed E-state index contributed by atoms with van der Waals surface area (Å²) in [5, 5.41) is 3.57. The molecule has 1 radical (unpaired) electrons. The molecule has 0 N–H and O–H groups in total. The molecule has 2 aliphatic rings. The first-order valence-corrected chi connectivity index (χ1v) is 19.2. The van der Waals surface area contributed by atoms with Crippen LogP contribution < -0.4 is 26.9 Å². The smallest absolute Gasteiger partial charge is 1.00 e. The van der Waals surface area contributed by atoms with Crippen LogP contribution in [-0.4, -0.2) is 29.9 Å². The standard InChI is InChI=1S/C32H16N8.C6H8N.4C2H6.ClH.Cu/c1-2-10-18-17(9-1)25-33-26(18)38-28-21-13-5-6-14-22(21)30(35-28)40-32-24-16-8-7-15-23(24)31(36-32)39-29-20-12-4-3-11-19(20)27(34-29)37-25;1-7-5-3-2-4-6-7;4*1-2;;/h1-16H;2-6H,1H3;4*1-2H3;1H;/q-2;+1;;;;;;+2/p-1.